The zero-order valence-electron chi connectivity index (χ0n) is 11.3. The number of carbonyl (C=O) groups is 1. The van der Waals surface area contributed by atoms with Crippen LogP contribution >= 0.6 is 0 Å². The van der Waals surface area contributed by atoms with E-state index in [1.54, 1.807) is 21.1 Å². The molecule has 1 aliphatic rings. The highest BCUT2D eigenvalue weighted by Gasteiger charge is 2.35. The van der Waals surface area contributed by atoms with Crippen molar-refractivity contribution in [3.8, 4) is 0 Å². The van der Waals surface area contributed by atoms with Gasteiger partial charge in [-0.05, 0) is 6.92 Å². The van der Waals surface area contributed by atoms with E-state index < -0.39 is 5.97 Å². The number of esters is 1. The maximum Gasteiger partial charge on any atom is 0.360 e. The first-order valence-corrected chi connectivity index (χ1v) is 6.12. The van der Waals surface area contributed by atoms with Crippen LogP contribution in [-0.2, 0) is 14.2 Å². The summed E-state index contributed by atoms with van der Waals surface area (Å²) in [4.78, 5) is 17.5. The van der Waals surface area contributed by atoms with Crippen molar-refractivity contribution in [2.45, 2.75) is 19.1 Å². The van der Waals surface area contributed by atoms with Gasteiger partial charge in [0.05, 0.1) is 19.7 Å². The van der Waals surface area contributed by atoms with Crippen LogP contribution in [0.2, 0.25) is 0 Å². The molecule has 0 bridgehead atoms. The van der Waals surface area contributed by atoms with Crippen molar-refractivity contribution >= 4 is 12.0 Å². The van der Waals surface area contributed by atoms with Gasteiger partial charge in [0.2, 0.25) is 0 Å². The Morgan fingerprint density at radius 3 is 2.58 bits per heavy atom. The second-order valence-corrected chi connectivity index (χ2v) is 4.19. The third kappa shape index (κ3) is 2.87. The molecule has 2 atom stereocenters. The summed E-state index contributed by atoms with van der Waals surface area (Å²) in [5.74, 6) is -0.483. The average molecular weight is 270 g/mol. The molecule has 1 aromatic rings. The fourth-order valence-electron chi connectivity index (χ4n) is 2.06. The van der Waals surface area contributed by atoms with Crippen LogP contribution in [0.5, 0.6) is 0 Å². The van der Waals surface area contributed by atoms with Crippen LogP contribution in [0.4, 0.5) is 6.01 Å². The molecule has 1 saturated heterocycles. The minimum Gasteiger partial charge on any atom is -0.461 e. The Bertz CT molecular complexity index is 422. The number of aromatic nitrogens is 1. The van der Waals surface area contributed by atoms with E-state index in [2.05, 4.69) is 4.98 Å². The van der Waals surface area contributed by atoms with Gasteiger partial charge in [0.15, 0.2) is 5.69 Å². The van der Waals surface area contributed by atoms with Crippen LogP contribution < -0.4 is 4.90 Å². The van der Waals surface area contributed by atoms with Gasteiger partial charge in [-0.2, -0.15) is 4.98 Å². The summed E-state index contributed by atoms with van der Waals surface area (Å²) >= 11 is 0. The molecule has 0 amide bonds. The molecule has 1 fully saturated rings. The maximum atomic E-state index is 11.5. The number of carbonyl (C=O) groups excluding carboxylic acids is 1. The normalized spacial score (nSPS) is 22.8. The standard InChI is InChI=1S/C12H18N2O5/c1-4-18-11(15)8-7-19-12(13-8)14-5-9(16-2)10(6-14)17-3/h7,9-10H,4-6H2,1-3H3. The molecule has 2 heterocycles. The monoisotopic (exact) mass is 270 g/mol. The highest BCUT2D eigenvalue weighted by Crippen LogP contribution is 2.23. The Kier molecular flexibility index (Phi) is 4.39. The Morgan fingerprint density at radius 1 is 1.42 bits per heavy atom. The number of hydrogen-bond donors (Lipinski definition) is 0. The molecule has 0 saturated carbocycles. The van der Waals surface area contributed by atoms with Gasteiger partial charge < -0.3 is 23.5 Å². The second-order valence-electron chi connectivity index (χ2n) is 4.19. The smallest absolute Gasteiger partial charge is 0.360 e. The first kappa shape index (κ1) is 13.8. The zero-order valence-corrected chi connectivity index (χ0v) is 11.3. The molecule has 0 aromatic carbocycles. The van der Waals surface area contributed by atoms with E-state index in [4.69, 9.17) is 18.6 Å². The van der Waals surface area contributed by atoms with E-state index in [0.717, 1.165) is 0 Å². The molecule has 19 heavy (non-hydrogen) atoms. The van der Waals surface area contributed by atoms with Crippen LogP contribution in [-0.4, -0.2) is 57.1 Å². The SMILES string of the molecule is CCOC(=O)c1coc(N2CC(OC)C(OC)C2)n1. The number of hydrogen-bond acceptors (Lipinski definition) is 7. The largest absolute Gasteiger partial charge is 0.461 e. The van der Waals surface area contributed by atoms with E-state index in [1.807, 2.05) is 4.90 Å². The molecule has 1 aliphatic heterocycles. The van der Waals surface area contributed by atoms with Crippen molar-refractivity contribution in [1.29, 1.82) is 0 Å². The third-order valence-electron chi connectivity index (χ3n) is 3.07. The van der Waals surface area contributed by atoms with Crippen LogP contribution in [0.15, 0.2) is 10.7 Å². The zero-order chi connectivity index (χ0) is 13.8. The summed E-state index contributed by atoms with van der Waals surface area (Å²) in [7, 11) is 3.28. The Labute approximate surface area is 111 Å². The van der Waals surface area contributed by atoms with E-state index in [1.165, 1.54) is 6.26 Å². The Hall–Kier alpha value is -1.60. The fraction of sp³-hybridized carbons (Fsp3) is 0.667. The number of rotatable bonds is 5. The number of methoxy groups -OCH3 is 2. The van der Waals surface area contributed by atoms with E-state index in [9.17, 15) is 4.79 Å². The molecular weight excluding hydrogens is 252 g/mol. The topological polar surface area (TPSA) is 74.0 Å². The fourth-order valence-corrected chi connectivity index (χ4v) is 2.06. The molecule has 0 radical (unpaired) electrons. The lowest BCUT2D eigenvalue weighted by atomic mass is 10.3. The first-order valence-electron chi connectivity index (χ1n) is 6.12. The first-order chi connectivity index (χ1) is 9.19. The number of ether oxygens (including phenoxy) is 3. The molecular formula is C12H18N2O5. The third-order valence-corrected chi connectivity index (χ3v) is 3.07. The summed E-state index contributed by atoms with van der Waals surface area (Å²) in [5, 5.41) is 0. The van der Waals surface area contributed by atoms with Gasteiger partial charge in [0.1, 0.15) is 18.5 Å². The quantitative estimate of drug-likeness (QED) is 0.729. The van der Waals surface area contributed by atoms with Crippen molar-refractivity contribution in [3.63, 3.8) is 0 Å². The number of oxazole rings is 1. The van der Waals surface area contributed by atoms with Crippen LogP contribution in [0.25, 0.3) is 0 Å². The molecule has 1 aromatic heterocycles. The van der Waals surface area contributed by atoms with Gasteiger partial charge in [-0.25, -0.2) is 4.79 Å². The lowest BCUT2D eigenvalue weighted by Gasteiger charge is -2.13. The van der Waals surface area contributed by atoms with Crippen LogP contribution in [0, 0.1) is 0 Å². The minimum atomic E-state index is -0.483. The lowest BCUT2D eigenvalue weighted by molar-refractivity contribution is -0.00461. The van der Waals surface area contributed by atoms with Gasteiger partial charge in [-0.3, -0.25) is 0 Å². The van der Waals surface area contributed by atoms with E-state index in [-0.39, 0.29) is 17.9 Å². The molecule has 7 heteroatoms. The number of anilines is 1. The van der Waals surface area contributed by atoms with Crippen molar-refractivity contribution in [3.05, 3.63) is 12.0 Å². The van der Waals surface area contributed by atoms with Gasteiger partial charge in [0, 0.05) is 14.2 Å². The Balaban J connectivity index is 2.05. The maximum absolute atomic E-state index is 11.5. The predicted molar refractivity (Wildman–Crippen MR) is 66.3 cm³/mol. The molecule has 2 unspecified atom stereocenters. The molecule has 7 nitrogen and oxygen atoms in total. The van der Waals surface area contributed by atoms with Crippen molar-refractivity contribution in [1.82, 2.24) is 4.98 Å². The average Bonchev–Trinajstić information content (AvgIpc) is 3.05. The second kappa shape index (κ2) is 6.03. The molecule has 0 spiro atoms. The molecule has 0 N–H and O–H groups in total. The minimum absolute atomic E-state index is 0.0389. The Morgan fingerprint density at radius 2 is 2.05 bits per heavy atom. The summed E-state index contributed by atoms with van der Waals surface area (Å²) in [6.45, 7) is 3.27. The summed E-state index contributed by atoms with van der Waals surface area (Å²) in [6.07, 6.45) is 1.22. The van der Waals surface area contributed by atoms with Crippen molar-refractivity contribution in [2.24, 2.45) is 0 Å². The highest BCUT2D eigenvalue weighted by molar-refractivity contribution is 5.87. The predicted octanol–water partition coefficient (Wildman–Crippen LogP) is 0.701. The van der Waals surface area contributed by atoms with E-state index in [0.29, 0.717) is 25.7 Å². The van der Waals surface area contributed by atoms with Crippen molar-refractivity contribution < 1.29 is 23.4 Å². The van der Waals surface area contributed by atoms with Crippen molar-refractivity contribution in [2.75, 3.05) is 38.8 Å². The van der Waals surface area contributed by atoms with Crippen LogP contribution in [0.1, 0.15) is 17.4 Å². The van der Waals surface area contributed by atoms with E-state index >= 15 is 0 Å². The van der Waals surface area contributed by atoms with Gasteiger partial charge in [-0.1, -0.05) is 0 Å². The summed E-state index contributed by atoms with van der Waals surface area (Å²) < 4.78 is 20.8. The molecule has 0 aliphatic carbocycles. The molecule has 2 rings (SSSR count). The van der Waals surface area contributed by atoms with Gasteiger partial charge in [0.25, 0.3) is 6.01 Å². The molecule has 106 valence electrons. The van der Waals surface area contributed by atoms with Gasteiger partial charge >= 0.3 is 5.97 Å². The highest BCUT2D eigenvalue weighted by atomic mass is 16.5. The summed E-state index contributed by atoms with van der Waals surface area (Å²) in [5.41, 5.74) is 0.173. The summed E-state index contributed by atoms with van der Waals surface area (Å²) in [6, 6.07) is 0.379. The van der Waals surface area contributed by atoms with Gasteiger partial charge in [-0.15, -0.1) is 0 Å². The number of nitrogens with zero attached hydrogens (tertiary/aromatic N) is 2. The van der Waals surface area contributed by atoms with Crippen LogP contribution in [0.3, 0.4) is 0 Å². The lowest BCUT2D eigenvalue weighted by Crippen LogP contribution is -2.27.